The third kappa shape index (κ3) is 8.10. The lowest BCUT2D eigenvalue weighted by atomic mass is 10.3. The SMILES string of the molecule is C/C(=C\C=C/N)CNc1ncc2cc(Oc3ccccc3F)c(=O)n(C)c2n1.CC.CC#CC. The van der Waals surface area contributed by atoms with Crippen LogP contribution in [0, 0.1) is 17.7 Å². The van der Waals surface area contributed by atoms with Crippen LogP contribution in [0.5, 0.6) is 11.5 Å². The molecule has 3 N–H and O–H groups in total. The highest BCUT2D eigenvalue weighted by Crippen LogP contribution is 2.24. The molecule has 3 rings (SSSR count). The number of halogens is 1. The third-order valence-electron chi connectivity index (χ3n) is 4.24. The van der Waals surface area contributed by atoms with Gasteiger partial charge in [0.2, 0.25) is 5.95 Å². The standard InChI is InChI=1S/C20H20FN5O2.C4H6.C2H6/c1-13(6-5-9-22)11-23-20-24-12-14-10-17(19(27)26(2)18(14)25-20)28-16-8-4-3-7-15(16)21;1-3-4-2;1-2/h3-10,12H,11,22H2,1-2H3,(H,23,24,25);1-2H3;1-2H3/b9-5-,13-6+;;. The van der Waals surface area contributed by atoms with Gasteiger partial charge in [0.1, 0.15) is 5.65 Å². The third-order valence-corrected chi connectivity index (χ3v) is 4.24. The van der Waals surface area contributed by atoms with Gasteiger partial charge < -0.3 is 15.8 Å². The molecule has 3 aromatic rings. The van der Waals surface area contributed by atoms with Gasteiger partial charge in [-0.05, 0) is 51.2 Å². The molecule has 2 heterocycles. The average Bonchev–Trinajstić information content (AvgIpc) is 2.87. The zero-order valence-electron chi connectivity index (χ0n) is 20.5. The number of ether oxygens (including phenoxy) is 1. The molecule has 2 aromatic heterocycles. The van der Waals surface area contributed by atoms with Crippen LogP contribution in [0.4, 0.5) is 10.3 Å². The number of benzene rings is 1. The van der Waals surface area contributed by atoms with Crippen LogP contribution in [0.3, 0.4) is 0 Å². The number of para-hydroxylation sites is 1. The smallest absolute Gasteiger partial charge is 0.294 e. The molecule has 0 aliphatic heterocycles. The van der Waals surface area contributed by atoms with Crippen LogP contribution in [0.2, 0.25) is 0 Å². The number of aromatic nitrogens is 3. The number of nitrogens with zero attached hydrogens (tertiary/aromatic N) is 3. The van der Waals surface area contributed by atoms with Crippen LogP contribution < -0.4 is 21.3 Å². The first-order valence-electron chi connectivity index (χ1n) is 10.8. The number of hydrogen-bond donors (Lipinski definition) is 2. The lowest BCUT2D eigenvalue weighted by Crippen LogP contribution is -2.20. The lowest BCUT2D eigenvalue weighted by molar-refractivity contribution is 0.434. The number of nitrogens with two attached hydrogens (primary N) is 1. The summed E-state index contributed by atoms with van der Waals surface area (Å²) < 4.78 is 20.6. The summed E-state index contributed by atoms with van der Waals surface area (Å²) in [6, 6.07) is 7.40. The second-order valence-corrected chi connectivity index (χ2v) is 6.63. The Kier molecular flexibility index (Phi) is 12.2. The largest absolute Gasteiger partial charge is 0.448 e. The highest BCUT2D eigenvalue weighted by molar-refractivity contribution is 5.76. The van der Waals surface area contributed by atoms with Gasteiger partial charge in [0, 0.05) is 25.2 Å². The molecule has 34 heavy (non-hydrogen) atoms. The number of fused-ring (bicyclic) bond motifs is 1. The summed E-state index contributed by atoms with van der Waals surface area (Å²) in [5, 5.41) is 3.69. The van der Waals surface area contributed by atoms with Gasteiger partial charge in [-0.15, -0.1) is 11.8 Å². The Morgan fingerprint density at radius 1 is 1.24 bits per heavy atom. The Morgan fingerprint density at radius 3 is 2.53 bits per heavy atom. The molecule has 8 heteroatoms. The van der Waals surface area contributed by atoms with Crippen molar-refractivity contribution in [2.24, 2.45) is 12.8 Å². The summed E-state index contributed by atoms with van der Waals surface area (Å²) >= 11 is 0. The molecule has 0 aliphatic carbocycles. The van der Waals surface area contributed by atoms with Crippen molar-refractivity contribution in [1.82, 2.24) is 14.5 Å². The van der Waals surface area contributed by atoms with Gasteiger partial charge >= 0.3 is 0 Å². The highest BCUT2D eigenvalue weighted by Gasteiger charge is 2.13. The van der Waals surface area contributed by atoms with E-state index in [2.05, 4.69) is 27.1 Å². The minimum atomic E-state index is -0.548. The van der Waals surface area contributed by atoms with Gasteiger partial charge in [-0.3, -0.25) is 9.36 Å². The maximum absolute atomic E-state index is 13.8. The predicted octanol–water partition coefficient (Wildman–Crippen LogP) is 5.15. The lowest BCUT2D eigenvalue weighted by Gasteiger charge is -2.11. The van der Waals surface area contributed by atoms with Crippen molar-refractivity contribution in [3.63, 3.8) is 0 Å². The van der Waals surface area contributed by atoms with Crippen molar-refractivity contribution in [2.75, 3.05) is 11.9 Å². The van der Waals surface area contributed by atoms with E-state index in [-0.39, 0.29) is 11.5 Å². The Hall–Kier alpha value is -4.12. The molecule has 0 atom stereocenters. The number of pyridine rings is 1. The summed E-state index contributed by atoms with van der Waals surface area (Å²) in [6.45, 7) is 10.1. The first-order chi connectivity index (χ1) is 16.4. The monoisotopic (exact) mass is 465 g/mol. The van der Waals surface area contributed by atoms with Crippen molar-refractivity contribution >= 4 is 17.0 Å². The van der Waals surface area contributed by atoms with Crippen molar-refractivity contribution in [1.29, 1.82) is 0 Å². The van der Waals surface area contributed by atoms with E-state index in [0.29, 0.717) is 23.5 Å². The topological polar surface area (TPSA) is 95.1 Å². The summed E-state index contributed by atoms with van der Waals surface area (Å²) in [6.07, 6.45) is 6.64. The van der Waals surface area contributed by atoms with E-state index in [1.165, 1.54) is 29.0 Å². The normalized spacial score (nSPS) is 10.4. The minimum Gasteiger partial charge on any atom is -0.448 e. The first-order valence-corrected chi connectivity index (χ1v) is 10.8. The van der Waals surface area contributed by atoms with E-state index >= 15 is 0 Å². The van der Waals surface area contributed by atoms with Gasteiger partial charge in [-0.1, -0.05) is 37.6 Å². The predicted molar refractivity (Wildman–Crippen MR) is 137 cm³/mol. The molecule has 0 spiro atoms. The van der Waals surface area contributed by atoms with E-state index in [1.807, 2.05) is 40.7 Å². The number of aryl methyl sites for hydroxylation is 1. The highest BCUT2D eigenvalue weighted by atomic mass is 19.1. The van der Waals surface area contributed by atoms with Crippen molar-refractivity contribution in [3.8, 4) is 23.3 Å². The maximum atomic E-state index is 13.8. The second-order valence-electron chi connectivity index (χ2n) is 6.63. The summed E-state index contributed by atoms with van der Waals surface area (Å²) in [5.74, 6) is 5.17. The van der Waals surface area contributed by atoms with Crippen LogP contribution in [0.15, 0.2) is 65.2 Å². The van der Waals surface area contributed by atoms with Gasteiger partial charge in [0.05, 0.1) is 0 Å². The van der Waals surface area contributed by atoms with Crippen molar-refractivity contribution < 1.29 is 9.13 Å². The first kappa shape index (κ1) is 27.9. The Morgan fingerprint density at radius 2 is 1.91 bits per heavy atom. The molecule has 180 valence electrons. The quantitative estimate of drug-likeness (QED) is 0.386. The van der Waals surface area contributed by atoms with Crippen LogP contribution >= 0.6 is 0 Å². The minimum absolute atomic E-state index is 0.00300. The molecule has 0 radical (unpaired) electrons. The van der Waals surface area contributed by atoms with E-state index in [1.54, 1.807) is 31.5 Å². The number of allylic oxidation sites excluding steroid dienone is 2. The van der Waals surface area contributed by atoms with Gasteiger partial charge in [0.15, 0.2) is 17.3 Å². The average molecular weight is 466 g/mol. The zero-order valence-corrected chi connectivity index (χ0v) is 20.5. The molecule has 1 aromatic carbocycles. The molecule has 0 saturated carbocycles. The Labute approximate surface area is 200 Å². The van der Waals surface area contributed by atoms with Crippen LogP contribution in [-0.2, 0) is 7.05 Å². The number of rotatable bonds is 6. The molecular formula is C26H32FN5O2. The summed E-state index contributed by atoms with van der Waals surface area (Å²) in [7, 11) is 1.58. The van der Waals surface area contributed by atoms with E-state index < -0.39 is 11.4 Å². The molecule has 0 amide bonds. The van der Waals surface area contributed by atoms with Crippen molar-refractivity contribution in [3.05, 3.63) is 76.6 Å². The molecule has 0 fully saturated rings. The Bertz CT molecular complexity index is 1250. The molecule has 0 saturated heterocycles. The fourth-order valence-corrected chi connectivity index (χ4v) is 2.52. The van der Waals surface area contributed by atoms with Gasteiger partial charge in [-0.2, -0.15) is 4.98 Å². The molecule has 7 nitrogen and oxygen atoms in total. The number of anilines is 1. The Balaban J connectivity index is 0.000000872. The number of hydrogen-bond acceptors (Lipinski definition) is 6. The van der Waals surface area contributed by atoms with E-state index in [4.69, 9.17) is 10.5 Å². The number of nitrogens with one attached hydrogen (secondary N) is 1. The van der Waals surface area contributed by atoms with E-state index in [0.717, 1.165) is 5.57 Å². The zero-order chi connectivity index (χ0) is 25.5. The second kappa shape index (κ2) is 14.9. The summed E-state index contributed by atoms with van der Waals surface area (Å²) in [5.41, 5.74) is 6.36. The fourth-order valence-electron chi connectivity index (χ4n) is 2.52. The molecule has 0 aliphatic rings. The van der Waals surface area contributed by atoms with Gasteiger partial charge in [0.25, 0.3) is 5.56 Å². The molecule has 0 unspecified atom stereocenters. The summed E-state index contributed by atoms with van der Waals surface area (Å²) in [4.78, 5) is 21.3. The maximum Gasteiger partial charge on any atom is 0.294 e. The van der Waals surface area contributed by atoms with Crippen LogP contribution in [0.25, 0.3) is 11.0 Å². The fraction of sp³-hybridized carbons (Fsp3) is 0.269. The van der Waals surface area contributed by atoms with Crippen molar-refractivity contribution in [2.45, 2.75) is 34.6 Å². The van der Waals surface area contributed by atoms with Crippen LogP contribution in [0.1, 0.15) is 34.6 Å². The van der Waals surface area contributed by atoms with Gasteiger partial charge in [-0.25, -0.2) is 9.37 Å². The van der Waals surface area contributed by atoms with E-state index in [9.17, 15) is 9.18 Å². The molecule has 0 bridgehead atoms. The van der Waals surface area contributed by atoms with Crippen LogP contribution in [-0.4, -0.2) is 21.1 Å². The molecular weight excluding hydrogens is 433 g/mol.